The Balaban J connectivity index is 1.74. The van der Waals surface area contributed by atoms with Crippen molar-refractivity contribution in [1.82, 2.24) is 10.2 Å². The van der Waals surface area contributed by atoms with Gasteiger partial charge in [-0.25, -0.2) is 4.79 Å². The maximum Gasteiger partial charge on any atom is 0.407 e. The third kappa shape index (κ3) is 1.50. The highest BCUT2D eigenvalue weighted by Gasteiger charge is 2.56. The Morgan fingerprint density at radius 1 is 1.54 bits per heavy atom. The van der Waals surface area contributed by atoms with Gasteiger partial charge in [-0.05, 0) is 30.8 Å². The summed E-state index contributed by atoms with van der Waals surface area (Å²) in [5, 5.41) is 12.0. The first-order valence-corrected chi connectivity index (χ1v) is 4.92. The molecule has 1 saturated heterocycles. The molecule has 0 aromatic carbocycles. The summed E-state index contributed by atoms with van der Waals surface area (Å²) >= 11 is 0. The maximum absolute atomic E-state index is 10.6. The van der Waals surface area contributed by atoms with Gasteiger partial charge in [0.1, 0.15) is 0 Å². The molecule has 4 nitrogen and oxygen atoms in total. The summed E-state index contributed by atoms with van der Waals surface area (Å²) in [6.07, 6.45) is -0.755. The van der Waals surface area contributed by atoms with Crippen LogP contribution in [0.1, 0.15) is 6.92 Å². The molecule has 1 heterocycles. The standard InChI is InChI=1S/C9H16N2O2/c1-2-10-3-6-7-4-11(9(12)13)5-8(6)7/h6-8,10H,2-5H2,1H3,(H,12,13)/t6?,7-,8?/m0/s1. The summed E-state index contributed by atoms with van der Waals surface area (Å²) in [4.78, 5) is 12.1. The van der Waals surface area contributed by atoms with Crippen molar-refractivity contribution in [2.75, 3.05) is 26.2 Å². The van der Waals surface area contributed by atoms with Crippen LogP contribution in [0, 0.1) is 17.8 Å². The summed E-state index contributed by atoms with van der Waals surface area (Å²) in [5.41, 5.74) is 0. The second-order valence-corrected chi connectivity index (χ2v) is 3.99. The molecule has 1 aliphatic carbocycles. The van der Waals surface area contributed by atoms with E-state index in [0.29, 0.717) is 11.8 Å². The van der Waals surface area contributed by atoms with E-state index in [-0.39, 0.29) is 0 Å². The molecule has 0 radical (unpaired) electrons. The summed E-state index contributed by atoms with van der Waals surface area (Å²) in [7, 11) is 0. The normalized spacial score (nSPS) is 36.1. The quantitative estimate of drug-likeness (QED) is 0.669. The van der Waals surface area contributed by atoms with E-state index >= 15 is 0 Å². The van der Waals surface area contributed by atoms with Gasteiger partial charge in [0.2, 0.25) is 0 Å². The molecule has 2 fully saturated rings. The van der Waals surface area contributed by atoms with Gasteiger partial charge in [-0.1, -0.05) is 6.92 Å². The van der Waals surface area contributed by atoms with Gasteiger partial charge in [0.05, 0.1) is 0 Å². The summed E-state index contributed by atoms with van der Waals surface area (Å²) in [6.45, 7) is 5.70. The van der Waals surface area contributed by atoms with E-state index in [1.165, 1.54) is 4.90 Å². The number of carboxylic acid groups (broad SMARTS) is 1. The fraction of sp³-hybridized carbons (Fsp3) is 0.889. The van der Waals surface area contributed by atoms with Crippen LogP contribution in [0.2, 0.25) is 0 Å². The molecule has 1 amide bonds. The summed E-state index contributed by atoms with van der Waals surface area (Å²) < 4.78 is 0. The zero-order valence-corrected chi connectivity index (χ0v) is 7.86. The number of hydrogen-bond donors (Lipinski definition) is 2. The predicted octanol–water partition coefficient (Wildman–Crippen LogP) is 0.452. The maximum atomic E-state index is 10.6. The minimum Gasteiger partial charge on any atom is -0.465 e. The zero-order valence-electron chi connectivity index (χ0n) is 7.86. The van der Waals surface area contributed by atoms with E-state index in [4.69, 9.17) is 5.11 Å². The van der Waals surface area contributed by atoms with Crippen molar-refractivity contribution in [3.8, 4) is 0 Å². The van der Waals surface area contributed by atoms with Crippen LogP contribution in [0.15, 0.2) is 0 Å². The molecule has 13 heavy (non-hydrogen) atoms. The Labute approximate surface area is 77.9 Å². The minimum absolute atomic E-state index is 0.648. The van der Waals surface area contributed by atoms with Gasteiger partial charge < -0.3 is 15.3 Å². The predicted molar refractivity (Wildman–Crippen MR) is 48.6 cm³/mol. The third-order valence-electron chi connectivity index (χ3n) is 3.27. The summed E-state index contributed by atoms with van der Waals surface area (Å²) in [6, 6.07) is 0. The fourth-order valence-electron chi connectivity index (χ4n) is 2.42. The van der Waals surface area contributed by atoms with Crippen molar-refractivity contribution in [3.05, 3.63) is 0 Å². The number of nitrogens with zero attached hydrogens (tertiary/aromatic N) is 1. The molecule has 2 N–H and O–H groups in total. The van der Waals surface area contributed by atoms with Crippen molar-refractivity contribution in [2.45, 2.75) is 6.92 Å². The molecule has 0 bridgehead atoms. The number of hydrogen-bond acceptors (Lipinski definition) is 2. The zero-order chi connectivity index (χ0) is 9.42. The van der Waals surface area contributed by atoms with Crippen LogP contribution in [0.25, 0.3) is 0 Å². The van der Waals surface area contributed by atoms with E-state index in [1.54, 1.807) is 0 Å². The first kappa shape index (κ1) is 8.81. The Hall–Kier alpha value is -0.770. The summed E-state index contributed by atoms with van der Waals surface area (Å²) in [5.74, 6) is 2.04. The molecule has 3 atom stereocenters. The monoisotopic (exact) mass is 184 g/mol. The number of nitrogens with one attached hydrogen (secondary N) is 1. The molecular formula is C9H16N2O2. The Morgan fingerprint density at radius 3 is 2.62 bits per heavy atom. The number of carbonyl (C=O) groups is 1. The Bertz CT molecular complexity index is 208. The highest BCUT2D eigenvalue weighted by atomic mass is 16.4. The van der Waals surface area contributed by atoms with E-state index in [9.17, 15) is 4.79 Å². The molecule has 0 aromatic rings. The van der Waals surface area contributed by atoms with Crippen molar-refractivity contribution in [2.24, 2.45) is 17.8 Å². The van der Waals surface area contributed by atoms with E-state index < -0.39 is 6.09 Å². The number of rotatable bonds is 3. The lowest BCUT2D eigenvalue weighted by atomic mass is 10.2. The van der Waals surface area contributed by atoms with E-state index in [2.05, 4.69) is 12.2 Å². The molecule has 2 aliphatic rings. The number of piperidine rings is 1. The molecule has 2 rings (SSSR count). The Morgan fingerprint density at radius 2 is 2.15 bits per heavy atom. The highest BCUT2D eigenvalue weighted by Crippen LogP contribution is 2.51. The molecule has 74 valence electrons. The van der Waals surface area contributed by atoms with Gasteiger partial charge in [-0.3, -0.25) is 0 Å². The fourth-order valence-corrected chi connectivity index (χ4v) is 2.42. The number of amides is 1. The van der Waals surface area contributed by atoms with Gasteiger partial charge in [0.15, 0.2) is 0 Å². The van der Waals surface area contributed by atoms with Crippen LogP contribution in [0.3, 0.4) is 0 Å². The van der Waals surface area contributed by atoms with Crippen molar-refractivity contribution in [3.63, 3.8) is 0 Å². The first-order chi connectivity index (χ1) is 6.24. The molecule has 0 spiro atoms. The third-order valence-corrected chi connectivity index (χ3v) is 3.27. The van der Waals surface area contributed by atoms with Crippen LogP contribution in [-0.4, -0.2) is 42.3 Å². The minimum atomic E-state index is -0.755. The lowest BCUT2D eigenvalue weighted by molar-refractivity contribution is 0.148. The lowest BCUT2D eigenvalue weighted by Gasteiger charge is -2.15. The highest BCUT2D eigenvalue weighted by molar-refractivity contribution is 5.65. The second kappa shape index (κ2) is 3.18. The van der Waals surface area contributed by atoms with Crippen molar-refractivity contribution >= 4 is 6.09 Å². The van der Waals surface area contributed by atoms with Gasteiger partial charge in [-0.2, -0.15) is 0 Å². The Kier molecular flexibility index (Phi) is 2.15. The average molecular weight is 184 g/mol. The van der Waals surface area contributed by atoms with Crippen LogP contribution < -0.4 is 5.32 Å². The van der Waals surface area contributed by atoms with Crippen LogP contribution >= 0.6 is 0 Å². The molecule has 1 saturated carbocycles. The van der Waals surface area contributed by atoms with Crippen molar-refractivity contribution < 1.29 is 9.90 Å². The topological polar surface area (TPSA) is 52.6 Å². The largest absolute Gasteiger partial charge is 0.465 e. The SMILES string of the molecule is CCNCC1C2CN(C(=O)O)C[C@@H]12. The smallest absolute Gasteiger partial charge is 0.407 e. The molecule has 2 unspecified atom stereocenters. The first-order valence-electron chi connectivity index (χ1n) is 4.92. The van der Waals surface area contributed by atoms with Crippen LogP contribution in [-0.2, 0) is 0 Å². The lowest BCUT2D eigenvalue weighted by Crippen LogP contribution is -2.31. The molecular weight excluding hydrogens is 168 g/mol. The molecule has 1 aliphatic heterocycles. The van der Waals surface area contributed by atoms with Gasteiger partial charge in [0, 0.05) is 13.1 Å². The average Bonchev–Trinajstić information content (AvgIpc) is 2.58. The van der Waals surface area contributed by atoms with E-state index in [0.717, 1.165) is 32.1 Å². The van der Waals surface area contributed by atoms with Crippen molar-refractivity contribution in [1.29, 1.82) is 0 Å². The van der Waals surface area contributed by atoms with Gasteiger partial charge >= 0.3 is 6.09 Å². The second-order valence-electron chi connectivity index (χ2n) is 3.99. The number of fused-ring (bicyclic) bond motifs is 1. The molecule has 4 heteroatoms. The molecule has 0 aromatic heterocycles. The van der Waals surface area contributed by atoms with Crippen LogP contribution in [0.4, 0.5) is 4.79 Å². The van der Waals surface area contributed by atoms with E-state index in [1.807, 2.05) is 0 Å². The van der Waals surface area contributed by atoms with Gasteiger partial charge in [-0.15, -0.1) is 0 Å². The van der Waals surface area contributed by atoms with Gasteiger partial charge in [0.25, 0.3) is 0 Å². The van der Waals surface area contributed by atoms with Crippen LogP contribution in [0.5, 0.6) is 0 Å². The number of likely N-dealkylation sites (tertiary alicyclic amines) is 1.